The molecule has 3 heterocycles. The molecule has 142 valence electrons. The first-order valence-electron chi connectivity index (χ1n) is 9.31. The van der Waals surface area contributed by atoms with Crippen LogP contribution in [0, 0.1) is 5.92 Å². The Morgan fingerprint density at radius 1 is 1.31 bits per heavy atom. The van der Waals surface area contributed by atoms with Crippen LogP contribution in [0.4, 0.5) is 4.79 Å². The third kappa shape index (κ3) is 3.59. The van der Waals surface area contributed by atoms with Gasteiger partial charge in [-0.15, -0.1) is 0 Å². The molecule has 2 aliphatic heterocycles. The Morgan fingerprint density at radius 2 is 2.04 bits per heavy atom. The van der Waals surface area contributed by atoms with E-state index >= 15 is 0 Å². The molecule has 0 bridgehead atoms. The number of amides is 4. The molecular weight excluding hydrogens is 334 g/mol. The van der Waals surface area contributed by atoms with E-state index in [9.17, 15) is 14.4 Å². The zero-order chi connectivity index (χ0) is 18.7. The fraction of sp³-hybridized carbons (Fsp3) is 0.667. The summed E-state index contributed by atoms with van der Waals surface area (Å²) in [7, 11) is 0. The average Bonchev–Trinajstić information content (AvgIpc) is 3.19. The van der Waals surface area contributed by atoms with Crippen molar-refractivity contribution in [2.45, 2.75) is 51.5 Å². The summed E-state index contributed by atoms with van der Waals surface area (Å²) in [5.41, 5.74) is 0.315. The minimum atomic E-state index is -0.783. The number of hydrogen-bond acceptors (Lipinski definition) is 4. The molecule has 1 aromatic heterocycles. The number of hydrogen-bond donors (Lipinski definition) is 2. The quantitative estimate of drug-likeness (QED) is 0.746. The molecule has 2 saturated heterocycles. The van der Waals surface area contributed by atoms with Crippen LogP contribution in [0.25, 0.3) is 0 Å². The Morgan fingerprint density at radius 3 is 2.65 bits per heavy atom. The molecule has 26 heavy (non-hydrogen) atoms. The van der Waals surface area contributed by atoms with Crippen LogP contribution >= 0.6 is 0 Å². The van der Waals surface area contributed by atoms with Gasteiger partial charge in [0.1, 0.15) is 5.54 Å². The summed E-state index contributed by atoms with van der Waals surface area (Å²) >= 11 is 0. The first kappa shape index (κ1) is 18.4. The largest absolute Gasteiger partial charge is 0.342 e. The van der Waals surface area contributed by atoms with E-state index in [0.717, 1.165) is 18.4 Å². The lowest BCUT2D eigenvalue weighted by Crippen LogP contribution is -2.58. The second-order valence-electron chi connectivity index (χ2n) is 7.64. The number of carbonyl (C=O) groups excluding carboxylic acids is 3. The number of imide groups is 1. The van der Waals surface area contributed by atoms with Crippen LogP contribution in [-0.4, -0.2) is 63.0 Å². The van der Waals surface area contributed by atoms with E-state index in [1.807, 2.05) is 24.9 Å². The number of nitrogens with zero attached hydrogens (tertiary/aromatic N) is 3. The predicted octanol–water partition coefficient (Wildman–Crippen LogP) is 1.30. The van der Waals surface area contributed by atoms with Gasteiger partial charge >= 0.3 is 6.03 Å². The van der Waals surface area contributed by atoms with E-state index < -0.39 is 5.54 Å². The van der Waals surface area contributed by atoms with E-state index in [1.54, 1.807) is 11.1 Å². The van der Waals surface area contributed by atoms with Crippen molar-refractivity contribution in [3.8, 4) is 0 Å². The first-order valence-corrected chi connectivity index (χ1v) is 9.31. The summed E-state index contributed by atoms with van der Waals surface area (Å²) in [5.74, 6) is 0.185. The Hall–Kier alpha value is -2.38. The van der Waals surface area contributed by atoms with Crippen LogP contribution in [0.1, 0.15) is 45.1 Å². The SMILES string of the molecule is CC(C)CN1C(=O)NC(=O)C12CCN(C(=O)CCCc1cn[nH]c1)CC2. The fourth-order valence-corrected chi connectivity index (χ4v) is 3.86. The second kappa shape index (κ2) is 7.47. The molecule has 0 unspecified atom stereocenters. The van der Waals surface area contributed by atoms with Crippen molar-refractivity contribution in [1.29, 1.82) is 0 Å². The minimum Gasteiger partial charge on any atom is -0.342 e. The van der Waals surface area contributed by atoms with Crippen molar-refractivity contribution in [2.75, 3.05) is 19.6 Å². The highest BCUT2D eigenvalue weighted by molar-refractivity contribution is 6.07. The van der Waals surface area contributed by atoms with Crippen molar-refractivity contribution in [3.05, 3.63) is 18.0 Å². The first-order chi connectivity index (χ1) is 12.4. The highest BCUT2D eigenvalue weighted by Gasteiger charge is 2.54. The Kier molecular flexibility index (Phi) is 5.29. The van der Waals surface area contributed by atoms with Crippen molar-refractivity contribution >= 4 is 17.8 Å². The van der Waals surface area contributed by atoms with Gasteiger partial charge in [-0.25, -0.2) is 4.79 Å². The molecule has 2 N–H and O–H groups in total. The maximum Gasteiger partial charge on any atom is 0.325 e. The maximum atomic E-state index is 12.5. The molecule has 3 rings (SSSR count). The van der Waals surface area contributed by atoms with Gasteiger partial charge in [0.15, 0.2) is 0 Å². The summed E-state index contributed by atoms with van der Waals surface area (Å²) in [6.45, 7) is 5.64. The standard InChI is InChI=1S/C18H27N5O3/c1-13(2)12-23-17(26)21-16(25)18(23)6-8-22(9-7-18)15(24)5-3-4-14-10-19-20-11-14/h10-11,13H,3-9,12H2,1-2H3,(H,19,20)(H,21,25,26). The number of aromatic amines is 1. The molecule has 0 radical (unpaired) electrons. The molecule has 1 spiro atoms. The average molecular weight is 361 g/mol. The smallest absolute Gasteiger partial charge is 0.325 e. The zero-order valence-corrected chi connectivity index (χ0v) is 15.5. The van der Waals surface area contributed by atoms with Crippen LogP contribution in [-0.2, 0) is 16.0 Å². The molecule has 0 atom stereocenters. The lowest BCUT2D eigenvalue weighted by atomic mass is 9.85. The third-order valence-corrected chi connectivity index (χ3v) is 5.31. The molecule has 4 amide bonds. The Labute approximate surface area is 153 Å². The normalized spacial score (nSPS) is 19.5. The van der Waals surface area contributed by atoms with E-state index in [-0.39, 0.29) is 23.8 Å². The van der Waals surface area contributed by atoms with Gasteiger partial charge in [-0.05, 0) is 37.2 Å². The maximum absolute atomic E-state index is 12.5. The topological polar surface area (TPSA) is 98.4 Å². The van der Waals surface area contributed by atoms with Crippen LogP contribution in [0.3, 0.4) is 0 Å². The van der Waals surface area contributed by atoms with Gasteiger partial charge in [0.05, 0.1) is 6.20 Å². The number of nitrogens with one attached hydrogen (secondary N) is 2. The summed E-state index contributed by atoms with van der Waals surface area (Å²) in [6, 6.07) is -0.302. The monoisotopic (exact) mass is 361 g/mol. The number of piperidine rings is 1. The van der Waals surface area contributed by atoms with Crippen LogP contribution in [0.5, 0.6) is 0 Å². The van der Waals surface area contributed by atoms with Gasteiger partial charge in [0, 0.05) is 32.3 Å². The van der Waals surface area contributed by atoms with E-state index in [0.29, 0.717) is 38.9 Å². The summed E-state index contributed by atoms with van der Waals surface area (Å²) in [4.78, 5) is 40.6. The summed E-state index contributed by atoms with van der Waals surface area (Å²) < 4.78 is 0. The van der Waals surface area contributed by atoms with Crippen LogP contribution in [0.2, 0.25) is 0 Å². The summed E-state index contributed by atoms with van der Waals surface area (Å²) in [5, 5.41) is 9.13. The highest BCUT2D eigenvalue weighted by atomic mass is 16.2. The van der Waals surface area contributed by atoms with Gasteiger partial charge in [-0.2, -0.15) is 5.10 Å². The van der Waals surface area contributed by atoms with Crippen LogP contribution < -0.4 is 5.32 Å². The molecule has 8 nitrogen and oxygen atoms in total. The molecule has 0 aromatic carbocycles. The molecule has 2 aliphatic rings. The van der Waals surface area contributed by atoms with Gasteiger partial charge in [0.2, 0.25) is 5.91 Å². The molecule has 0 saturated carbocycles. The van der Waals surface area contributed by atoms with Gasteiger partial charge in [0.25, 0.3) is 5.91 Å². The van der Waals surface area contributed by atoms with Crippen molar-refractivity contribution < 1.29 is 14.4 Å². The number of aromatic nitrogens is 2. The van der Waals surface area contributed by atoms with Crippen molar-refractivity contribution in [1.82, 2.24) is 25.3 Å². The lowest BCUT2D eigenvalue weighted by molar-refractivity contribution is -0.138. The van der Waals surface area contributed by atoms with E-state index in [1.165, 1.54) is 0 Å². The Bertz CT molecular complexity index is 662. The predicted molar refractivity (Wildman–Crippen MR) is 95.2 cm³/mol. The number of rotatable bonds is 6. The van der Waals surface area contributed by atoms with Crippen molar-refractivity contribution in [3.63, 3.8) is 0 Å². The van der Waals surface area contributed by atoms with Gasteiger partial charge in [-0.1, -0.05) is 13.8 Å². The zero-order valence-electron chi connectivity index (χ0n) is 15.5. The second-order valence-corrected chi connectivity index (χ2v) is 7.64. The summed E-state index contributed by atoms with van der Waals surface area (Å²) in [6.07, 6.45) is 6.70. The van der Waals surface area contributed by atoms with E-state index in [2.05, 4.69) is 15.5 Å². The van der Waals surface area contributed by atoms with Gasteiger partial charge < -0.3 is 9.80 Å². The minimum absolute atomic E-state index is 0.114. The molecular formula is C18H27N5O3. The molecule has 2 fully saturated rings. The number of carbonyl (C=O) groups is 3. The Balaban J connectivity index is 1.54. The number of likely N-dealkylation sites (tertiary alicyclic amines) is 1. The van der Waals surface area contributed by atoms with E-state index in [4.69, 9.17) is 0 Å². The fourth-order valence-electron chi connectivity index (χ4n) is 3.86. The third-order valence-electron chi connectivity index (χ3n) is 5.31. The van der Waals surface area contributed by atoms with Gasteiger partial charge in [-0.3, -0.25) is 20.0 Å². The number of urea groups is 1. The van der Waals surface area contributed by atoms with Crippen LogP contribution in [0.15, 0.2) is 12.4 Å². The highest BCUT2D eigenvalue weighted by Crippen LogP contribution is 2.34. The number of H-pyrrole nitrogens is 1. The molecule has 8 heteroatoms. The molecule has 0 aliphatic carbocycles. The number of aryl methyl sites for hydroxylation is 1. The van der Waals surface area contributed by atoms with Crippen molar-refractivity contribution in [2.24, 2.45) is 5.92 Å². The lowest BCUT2D eigenvalue weighted by Gasteiger charge is -2.42. The molecule has 1 aromatic rings.